The third-order valence-corrected chi connectivity index (χ3v) is 2.69. The van der Waals surface area contributed by atoms with Gasteiger partial charge >= 0.3 is 0 Å². The Labute approximate surface area is 72.3 Å². The van der Waals surface area contributed by atoms with Crippen molar-refractivity contribution in [1.29, 1.82) is 0 Å². The van der Waals surface area contributed by atoms with Crippen LogP contribution in [0.5, 0.6) is 0 Å². The molecule has 0 fully saturated rings. The van der Waals surface area contributed by atoms with Gasteiger partial charge in [-0.05, 0) is 5.41 Å². The van der Waals surface area contributed by atoms with Gasteiger partial charge in [-0.1, -0.05) is 43.4 Å². The summed E-state index contributed by atoms with van der Waals surface area (Å²) >= 11 is 2.39. The van der Waals surface area contributed by atoms with Gasteiger partial charge in [0.25, 0.3) is 0 Å². The van der Waals surface area contributed by atoms with Crippen molar-refractivity contribution in [2.24, 2.45) is 5.41 Å². The Morgan fingerprint density at radius 2 is 1.43 bits per heavy atom. The molecule has 0 aromatic carbocycles. The van der Waals surface area contributed by atoms with Gasteiger partial charge in [-0.2, -0.15) is 0 Å². The van der Waals surface area contributed by atoms with Crippen LogP contribution in [0.4, 0.5) is 0 Å². The number of halogens is 1. The molecule has 0 aromatic heterocycles. The Morgan fingerprint density at radius 3 is 1.43 bits per heavy atom. The molecule has 0 heterocycles. The summed E-state index contributed by atoms with van der Waals surface area (Å²) in [4.78, 5) is 0. The van der Waals surface area contributed by atoms with Crippen LogP contribution in [0.1, 0.15) is 20.8 Å². The summed E-state index contributed by atoms with van der Waals surface area (Å²) in [6, 6.07) is 0. The molecular formula is C5H11IZn. The van der Waals surface area contributed by atoms with Gasteiger partial charge in [0.2, 0.25) is 0 Å². The standard InChI is InChI=1S/C5H11I.Zn/c1-5(2,3)4-6;/h4H2,1-3H3;. The predicted octanol–water partition coefficient (Wildman–Crippen LogP) is 2.47. The number of hydrogen-bond acceptors (Lipinski definition) is 0. The monoisotopic (exact) mass is 262 g/mol. The summed E-state index contributed by atoms with van der Waals surface area (Å²) < 4.78 is 1.24. The van der Waals surface area contributed by atoms with E-state index in [2.05, 4.69) is 43.4 Å². The van der Waals surface area contributed by atoms with Crippen LogP contribution in [0.2, 0.25) is 0 Å². The van der Waals surface area contributed by atoms with Crippen LogP contribution in [0, 0.1) is 5.41 Å². The molecule has 0 radical (unpaired) electrons. The number of rotatable bonds is 0. The molecule has 0 bridgehead atoms. The van der Waals surface area contributed by atoms with Crippen LogP contribution < -0.4 is 0 Å². The molecule has 0 N–H and O–H groups in total. The molecule has 0 spiro atoms. The van der Waals surface area contributed by atoms with E-state index in [4.69, 9.17) is 0 Å². The van der Waals surface area contributed by atoms with E-state index in [1.807, 2.05) is 0 Å². The molecule has 0 saturated carbocycles. The molecule has 0 saturated heterocycles. The summed E-state index contributed by atoms with van der Waals surface area (Å²) in [5, 5.41) is 0. The molecule has 0 unspecified atom stereocenters. The fourth-order valence-electron chi connectivity index (χ4n) is 0. The van der Waals surface area contributed by atoms with E-state index >= 15 is 0 Å². The quantitative estimate of drug-likeness (QED) is 0.358. The van der Waals surface area contributed by atoms with Gasteiger partial charge in [-0.3, -0.25) is 0 Å². The maximum atomic E-state index is 2.39. The SMILES string of the molecule is CC(C)(C)CI.[Zn]. The molecule has 0 aromatic rings. The van der Waals surface area contributed by atoms with Gasteiger partial charge in [0.1, 0.15) is 0 Å². The first kappa shape index (κ1) is 11.2. The Bertz CT molecular complexity index is 37.8. The number of hydrogen-bond donors (Lipinski definition) is 0. The van der Waals surface area contributed by atoms with Crippen LogP contribution in [0.3, 0.4) is 0 Å². The first-order valence-corrected chi connectivity index (χ1v) is 3.65. The van der Waals surface area contributed by atoms with Gasteiger partial charge in [0.15, 0.2) is 0 Å². The molecule has 0 nitrogen and oxygen atoms in total. The third kappa shape index (κ3) is 11.1. The molecule has 0 aliphatic carbocycles. The molecule has 40 valence electrons. The molecule has 7 heavy (non-hydrogen) atoms. The van der Waals surface area contributed by atoms with Crippen molar-refractivity contribution in [2.45, 2.75) is 20.8 Å². The molecule has 0 aliphatic heterocycles. The van der Waals surface area contributed by atoms with E-state index in [0.29, 0.717) is 5.41 Å². The van der Waals surface area contributed by atoms with E-state index in [-0.39, 0.29) is 19.5 Å². The van der Waals surface area contributed by atoms with Crippen molar-refractivity contribution in [3.05, 3.63) is 0 Å². The van der Waals surface area contributed by atoms with E-state index in [9.17, 15) is 0 Å². The zero-order valence-corrected chi connectivity index (χ0v) is 10.4. The van der Waals surface area contributed by atoms with E-state index < -0.39 is 0 Å². The number of alkyl halides is 1. The molecular weight excluding hydrogens is 252 g/mol. The first-order valence-electron chi connectivity index (χ1n) is 2.12. The summed E-state index contributed by atoms with van der Waals surface area (Å²) in [6.07, 6.45) is 0. The minimum absolute atomic E-state index is 0. The van der Waals surface area contributed by atoms with E-state index in [1.54, 1.807) is 0 Å². The van der Waals surface area contributed by atoms with Gasteiger partial charge in [-0.25, -0.2) is 0 Å². The van der Waals surface area contributed by atoms with Crippen molar-refractivity contribution >= 4 is 22.6 Å². The summed E-state index contributed by atoms with van der Waals surface area (Å²) in [6.45, 7) is 6.71. The second-order valence-corrected chi connectivity index (χ2v) is 3.46. The Balaban J connectivity index is 0. The summed E-state index contributed by atoms with van der Waals surface area (Å²) in [7, 11) is 0. The van der Waals surface area contributed by atoms with Crippen LogP contribution >= 0.6 is 22.6 Å². The maximum absolute atomic E-state index is 2.39. The minimum atomic E-state index is 0. The van der Waals surface area contributed by atoms with Crippen molar-refractivity contribution < 1.29 is 19.5 Å². The normalized spacial score (nSPS) is 10.3. The van der Waals surface area contributed by atoms with Crippen molar-refractivity contribution in [3.63, 3.8) is 0 Å². The largest absolute Gasteiger partial charge is 0.0858 e. The van der Waals surface area contributed by atoms with Gasteiger partial charge in [-0.15, -0.1) is 0 Å². The Hall–Kier alpha value is 1.35. The van der Waals surface area contributed by atoms with Gasteiger partial charge in [0.05, 0.1) is 0 Å². The van der Waals surface area contributed by atoms with Crippen molar-refractivity contribution in [3.8, 4) is 0 Å². The zero-order valence-electron chi connectivity index (χ0n) is 5.29. The first-order chi connectivity index (χ1) is 2.56. The zero-order chi connectivity index (χ0) is 5.21. The predicted molar refractivity (Wildman–Crippen MR) is 38.3 cm³/mol. The van der Waals surface area contributed by atoms with Crippen LogP contribution in [-0.2, 0) is 19.5 Å². The topological polar surface area (TPSA) is 0 Å². The molecule has 0 amide bonds. The fourth-order valence-corrected chi connectivity index (χ4v) is 0. The average Bonchev–Trinajstić information content (AvgIpc) is 1.35. The summed E-state index contributed by atoms with van der Waals surface area (Å²) in [5.74, 6) is 0. The van der Waals surface area contributed by atoms with E-state index in [0.717, 1.165) is 0 Å². The second kappa shape index (κ2) is 4.25. The second-order valence-electron chi connectivity index (χ2n) is 2.69. The third-order valence-electron chi connectivity index (χ3n) is 0.401. The van der Waals surface area contributed by atoms with Crippen LogP contribution in [-0.4, -0.2) is 4.43 Å². The maximum Gasteiger partial charge on any atom is 0.00440 e. The van der Waals surface area contributed by atoms with Crippen LogP contribution in [0.25, 0.3) is 0 Å². The molecule has 0 rings (SSSR count). The summed E-state index contributed by atoms with van der Waals surface area (Å²) in [5.41, 5.74) is 0.528. The average molecular weight is 263 g/mol. The van der Waals surface area contributed by atoms with Gasteiger partial charge in [0, 0.05) is 23.9 Å². The van der Waals surface area contributed by atoms with Crippen molar-refractivity contribution in [1.82, 2.24) is 0 Å². The van der Waals surface area contributed by atoms with E-state index in [1.165, 1.54) is 4.43 Å². The Morgan fingerprint density at radius 1 is 1.29 bits per heavy atom. The Kier molecular flexibility index (Phi) is 6.80. The molecule has 0 aliphatic rings. The van der Waals surface area contributed by atoms with Gasteiger partial charge < -0.3 is 0 Å². The van der Waals surface area contributed by atoms with Crippen molar-refractivity contribution in [2.75, 3.05) is 4.43 Å². The van der Waals surface area contributed by atoms with Crippen LogP contribution in [0.15, 0.2) is 0 Å². The molecule has 2 heteroatoms. The smallest absolute Gasteiger partial charge is 0.00440 e. The molecule has 0 atom stereocenters. The minimum Gasteiger partial charge on any atom is -0.0858 e. The fraction of sp³-hybridized carbons (Fsp3) is 1.00.